The first kappa shape index (κ1) is 21.9. The lowest BCUT2D eigenvalue weighted by Gasteiger charge is -2.11. The number of benzene rings is 3. The standard InChI is InChI=1S/C23H18BrIO3S/c24-20-14-17(28-15-23(26)27)10-11-22(20)29-13-12-18(16-6-2-1-3-7-16)19-8-4-5-9-21(19)25/h1-12,14H,13,15H2,(H,26,27)/b18-12-. The summed E-state index contributed by atoms with van der Waals surface area (Å²) in [6.45, 7) is -0.349. The Hall–Kier alpha value is -1.77. The minimum absolute atomic E-state index is 0.349. The van der Waals surface area contributed by atoms with Crippen molar-refractivity contribution in [3.8, 4) is 5.75 Å². The van der Waals surface area contributed by atoms with Gasteiger partial charge in [0.05, 0.1) is 0 Å². The first-order chi connectivity index (χ1) is 14.0. The second-order valence-corrected chi connectivity index (χ2v) is 9.13. The van der Waals surface area contributed by atoms with E-state index >= 15 is 0 Å². The molecule has 0 saturated heterocycles. The summed E-state index contributed by atoms with van der Waals surface area (Å²) >= 11 is 7.63. The molecule has 0 aliphatic carbocycles. The average Bonchev–Trinajstić information content (AvgIpc) is 2.72. The lowest BCUT2D eigenvalue weighted by molar-refractivity contribution is -0.139. The largest absolute Gasteiger partial charge is 0.482 e. The van der Waals surface area contributed by atoms with Crippen molar-refractivity contribution >= 4 is 61.8 Å². The van der Waals surface area contributed by atoms with Gasteiger partial charge in [-0.25, -0.2) is 4.79 Å². The fraction of sp³-hybridized carbons (Fsp3) is 0.0870. The van der Waals surface area contributed by atoms with Gasteiger partial charge >= 0.3 is 5.97 Å². The molecule has 0 radical (unpaired) electrons. The van der Waals surface area contributed by atoms with E-state index < -0.39 is 5.97 Å². The van der Waals surface area contributed by atoms with Crippen molar-refractivity contribution in [2.45, 2.75) is 4.90 Å². The van der Waals surface area contributed by atoms with Gasteiger partial charge in [0.2, 0.25) is 0 Å². The number of aliphatic carboxylic acids is 1. The van der Waals surface area contributed by atoms with Crippen LogP contribution in [0.1, 0.15) is 11.1 Å². The summed E-state index contributed by atoms with van der Waals surface area (Å²) in [4.78, 5) is 11.7. The number of hydrogen-bond donors (Lipinski definition) is 1. The molecule has 0 aromatic heterocycles. The molecule has 148 valence electrons. The maximum absolute atomic E-state index is 10.6. The number of carbonyl (C=O) groups is 1. The summed E-state index contributed by atoms with van der Waals surface area (Å²) in [5.41, 5.74) is 3.62. The molecule has 0 amide bonds. The smallest absolute Gasteiger partial charge is 0.341 e. The lowest BCUT2D eigenvalue weighted by Crippen LogP contribution is -2.09. The van der Waals surface area contributed by atoms with Gasteiger partial charge in [-0.1, -0.05) is 54.6 Å². The molecular weight excluding hydrogens is 563 g/mol. The number of halogens is 2. The molecule has 0 bridgehead atoms. The number of hydrogen-bond acceptors (Lipinski definition) is 3. The summed E-state index contributed by atoms with van der Waals surface area (Å²) in [6.07, 6.45) is 2.25. The van der Waals surface area contributed by atoms with E-state index in [9.17, 15) is 4.79 Å². The highest BCUT2D eigenvalue weighted by Crippen LogP contribution is 2.33. The van der Waals surface area contributed by atoms with Crippen LogP contribution in [0.2, 0.25) is 0 Å². The van der Waals surface area contributed by atoms with E-state index in [1.165, 1.54) is 20.3 Å². The SMILES string of the molecule is O=C(O)COc1ccc(SC/C=C(/c2ccccc2)c2ccccc2I)c(Br)c1. The van der Waals surface area contributed by atoms with Gasteiger partial charge in [0.25, 0.3) is 0 Å². The van der Waals surface area contributed by atoms with Gasteiger partial charge in [-0.3, -0.25) is 0 Å². The van der Waals surface area contributed by atoms with Crippen molar-refractivity contribution in [2.75, 3.05) is 12.4 Å². The van der Waals surface area contributed by atoms with E-state index in [-0.39, 0.29) is 6.61 Å². The number of thioether (sulfide) groups is 1. The minimum Gasteiger partial charge on any atom is -0.482 e. The highest BCUT2D eigenvalue weighted by molar-refractivity contribution is 14.1. The first-order valence-electron chi connectivity index (χ1n) is 8.82. The van der Waals surface area contributed by atoms with Crippen molar-refractivity contribution in [2.24, 2.45) is 0 Å². The number of carboxylic acids is 1. The van der Waals surface area contributed by atoms with Crippen LogP contribution in [-0.2, 0) is 4.79 Å². The number of rotatable bonds is 8. The van der Waals surface area contributed by atoms with Gasteiger partial charge < -0.3 is 9.84 Å². The van der Waals surface area contributed by atoms with Crippen LogP contribution in [-0.4, -0.2) is 23.4 Å². The summed E-state index contributed by atoms with van der Waals surface area (Å²) in [6, 6.07) is 24.3. The fourth-order valence-corrected chi connectivity index (χ4v) is 4.90. The summed E-state index contributed by atoms with van der Waals surface area (Å²) < 4.78 is 7.32. The van der Waals surface area contributed by atoms with Gasteiger partial charge in [0.1, 0.15) is 5.75 Å². The van der Waals surface area contributed by atoms with Crippen LogP contribution in [0, 0.1) is 3.57 Å². The van der Waals surface area contributed by atoms with E-state index in [1.807, 2.05) is 18.2 Å². The Bertz CT molecular complexity index is 1020. The number of ether oxygens (including phenoxy) is 1. The molecule has 29 heavy (non-hydrogen) atoms. The van der Waals surface area contributed by atoms with Crippen molar-refractivity contribution in [3.05, 3.63) is 98.0 Å². The molecule has 3 nitrogen and oxygen atoms in total. The van der Waals surface area contributed by atoms with E-state index in [1.54, 1.807) is 23.9 Å². The predicted octanol–water partition coefficient (Wildman–Crippen LogP) is 6.74. The molecule has 0 aliphatic heterocycles. The summed E-state index contributed by atoms with van der Waals surface area (Å²) in [7, 11) is 0. The molecule has 6 heteroatoms. The van der Waals surface area contributed by atoms with Gasteiger partial charge in [-0.2, -0.15) is 0 Å². The Morgan fingerprint density at radius 2 is 1.79 bits per heavy atom. The Kier molecular flexibility index (Phi) is 8.20. The molecule has 3 aromatic rings. The molecule has 0 spiro atoms. The third kappa shape index (κ3) is 6.35. The first-order valence-corrected chi connectivity index (χ1v) is 11.7. The van der Waals surface area contributed by atoms with E-state index in [0.717, 1.165) is 15.1 Å². The second kappa shape index (κ2) is 10.8. The molecule has 1 N–H and O–H groups in total. The summed E-state index contributed by atoms with van der Waals surface area (Å²) in [5, 5.41) is 8.73. The van der Waals surface area contributed by atoms with Crippen LogP contribution in [0.25, 0.3) is 5.57 Å². The molecule has 0 fully saturated rings. The monoisotopic (exact) mass is 580 g/mol. The van der Waals surface area contributed by atoms with Crippen LogP contribution in [0.15, 0.2) is 88.2 Å². The predicted molar refractivity (Wildman–Crippen MR) is 131 cm³/mol. The quantitative estimate of drug-likeness (QED) is 0.237. The Balaban J connectivity index is 1.78. The Morgan fingerprint density at radius 3 is 2.48 bits per heavy atom. The Labute approximate surface area is 196 Å². The highest BCUT2D eigenvalue weighted by atomic mass is 127. The van der Waals surface area contributed by atoms with Crippen LogP contribution in [0.3, 0.4) is 0 Å². The minimum atomic E-state index is -0.992. The molecule has 3 rings (SSSR count). The third-order valence-electron chi connectivity index (χ3n) is 4.04. The average molecular weight is 581 g/mol. The lowest BCUT2D eigenvalue weighted by atomic mass is 9.98. The van der Waals surface area contributed by atoms with Gasteiger partial charge in [0.15, 0.2) is 6.61 Å². The van der Waals surface area contributed by atoms with Gasteiger partial charge in [-0.05, 0) is 79.5 Å². The topological polar surface area (TPSA) is 46.5 Å². The van der Waals surface area contributed by atoms with Crippen molar-refractivity contribution in [1.29, 1.82) is 0 Å². The third-order valence-corrected chi connectivity index (χ3v) is 6.90. The molecule has 0 unspecified atom stereocenters. The normalized spacial score (nSPS) is 11.3. The van der Waals surface area contributed by atoms with E-state index in [4.69, 9.17) is 9.84 Å². The van der Waals surface area contributed by atoms with E-state index in [2.05, 4.69) is 87.1 Å². The van der Waals surface area contributed by atoms with Crippen LogP contribution in [0.5, 0.6) is 5.75 Å². The zero-order valence-corrected chi connectivity index (χ0v) is 19.9. The zero-order chi connectivity index (χ0) is 20.6. The van der Waals surface area contributed by atoms with Crippen LogP contribution >= 0.6 is 50.3 Å². The van der Waals surface area contributed by atoms with E-state index in [0.29, 0.717) is 5.75 Å². The fourth-order valence-electron chi connectivity index (χ4n) is 2.73. The zero-order valence-electron chi connectivity index (χ0n) is 15.3. The van der Waals surface area contributed by atoms with Gasteiger partial charge in [0, 0.05) is 18.7 Å². The van der Waals surface area contributed by atoms with Crippen LogP contribution in [0.4, 0.5) is 0 Å². The summed E-state index contributed by atoms with van der Waals surface area (Å²) in [5.74, 6) is 0.333. The van der Waals surface area contributed by atoms with Crippen molar-refractivity contribution in [1.82, 2.24) is 0 Å². The number of carboxylic acid groups (broad SMARTS) is 1. The second-order valence-electron chi connectivity index (χ2n) is 6.05. The maximum Gasteiger partial charge on any atom is 0.341 e. The molecule has 0 saturated carbocycles. The molecule has 0 atom stereocenters. The van der Waals surface area contributed by atoms with Crippen LogP contribution < -0.4 is 4.74 Å². The molecule has 0 heterocycles. The molecule has 3 aromatic carbocycles. The van der Waals surface area contributed by atoms with Crippen molar-refractivity contribution in [3.63, 3.8) is 0 Å². The molecular formula is C23H18BrIO3S. The molecule has 0 aliphatic rings. The van der Waals surface area contributed by atoms with Crippen molar-refractivity contribution < 1.29 is 14.6 Å². The highest BCUT2D eigenvalue weighted by Gasteiger charge is 2.09. The maximum atomic E-state index is 10.6. The Morgan fingerprint density at radius 1 is 1.07 bits per heavy atom. The van der Waals surface area contributed by atoms with Gasteiger partial charge in [-0.15, -0.1) is 11.8 Å².